The monoisotopic (exact) mass is 281 g/mol. The predicted octanol–water partition coefficient (Wildman–Crippen LogP) is 1.91. The molecule has 2 aromatic rings. The molecule has 2 atom stereocenters. The number of amides is 1. The summed E-state index contributed by atoms with van der Waals surface area (Å²) in [6.07, 6.45) is 5.23. The van der Waals surface area contributed by atoms with E-state index in [0.29, 0.717) is 6.04 Å². The lowest BCUT2D eigenvalue weighted by Crippen LogP contribution is -2.47. The number of primary amides is 1. The van der Waals surface area contributed by atoms with E-state index in [1.165, 1.54) is 27.6 Å². The molecule has 1 aliphatic carbocycles. The summed E-state index contributed by atoms with van der Waals surface area (Å²) in [6, 6.07) is 6.70. The van der Waals surface area contributed by atoms with Gasteiger partial charge in [0.25, 0.3) is 0 Å². The van der Waals surface area contributed by atoms with E-state index in [1.807, 2.05) is 0 Å². The number of nitrogens with one attached hydrogen (secondary N) is 1. The van der Waals surface area contributed by atoms with E-state index in [9.17, 15) is 4.79 Å². The number of aromatic nitrogens is 1. The van der Waals surface area contributed by atoms with Gasteiger partial charge in [-0.05, 0) is 35.7 Å². The summed E-state index contributed by atoms with van der Waals surface area (Å²) in [5.41, 5.74) is 10.6. The van der Waals surface area contributed by atoms with E-state index in [0.717, 1.165) is 19.5 Å². The summed E-state index contributed by atoms with van der Waals surface area (Å²) in [5.74, 6) is -0.418. The zero-order chi connectivity index (χ0) is 14.6. The van der Waals surface area contributed by atoms with Crippen LogP contribution in [0, 0.1) is 5.92 Å². The Kier molecular flexibility index (Phi) is 2.69. The molecule has 1 aromatic heterocycles. The highest BCUT2D eigenvalue weighted by Crippen LogP contribution is 2.40. The largest absolute Gasteiger partial charge is 0.369 e. The molecule has 21 heavy (non-hydrogen) atoms. The SMILES string of the molecule is CCN1CC(C(N)=O)C=C2c3cccc4[nH]cc(c34)CC21. The van der Waals surface area contributed by atoms with Gasteiger partial charge in [0.2, 0.25) is 5.91 Å². The molecule has 4 heteroatoms. The van der Waals surface area contributed by atoms with Crippen LogP contribution in [0.1, 0.15) is 18.1 Å². The second-order valence-corrected chi connectivity index (χ2v) is 5.98. The number of carbonyl (C=O) groups excluding carboxylic acids is 1. The topological polar surface area (TPSA) is 62.1 Å². The predicted molar refractivity (Wildman–Crippen MR) is 83.7 cm³/mol. The summed E-state index contributed by atoms with van der Waals surface area (Å²) in [5, 5.41) is 1.31. The van der Waals surface area contributed by atoms with Crippen LogP contribution < -0.4 is 5.73 Å². The third-order valence-electron chi connectivity index (χ3n) is 4.90. The molecule has 1 aliphatic heterocycles. The van der Waals surface area contributed by atoms with Crippen molar-refractivity contribution in [2.45, 2.75) is 19.4 Å². The van der Waals surface area contributed by atoms with Crippen LogP contribution in [0.5, 0.6) is 0 Å². The molecule has 2 unspecified atom stereocenters. The number of benzene rings is 1. The van der Waals surface area contributed by atoms with Gasteiger partial charge in [0.15, 0.2) is 0 Å². The van der Waals surface area contributed by atoms with Crippen molar-refractivity contribution in [3.63, 3.8) is 0 Å². The van der Waals surface area contributed by atoms with E-state index in [1.54, 1.807) is 0 Å². The highest BCUT2D eigenvalue weighted by atomic mass is 16.1. The summed E-state index contributed by atoms with van der Waals surface area (Å²) >= 11 is 0. The average molecular weight is 281 g/mol. The number of hydrogen-bond donors (Lipinski definition) is 2. The lowest BCUT2D eigenvalue weighted by atomic mass is 9.79. The minimum absolute atomic E-state index is 0.188. The van der Waals surface area contributed by atoms with Crippen molar-refractivity contribution in [2.75, 3.05) is 13.1 Å². The van der Waals surface area contributed by atoms with Gasteiger partial charge in [0.1, 0.15) is 0 Å². The normalized spacial score (nSPS) is 24.7. The zero-order valence-corrected chi connectivity index (χ0v) is 12.1. The second-order valence-electron chi connectivity index (χ2n) is 5.98. The van der Waals surface area contributed by atoms with Crippen LogP contribution in [0.15, 0.2) is 30.5 Å². The second kappa shape index (κ2) is 4.46. The molecule has 108 valence electrons. The van der Waals surface area contributed by atoms with Crippen LogP contribution in [-0.2, 0) is 11.2 Å². The van der Waals surface area contributed by atoms with E-state index >= 15 is 0 Å². The van der Waals surface area contributed by atoms with Gasteiger partial charge in [-0.3, -0.25) is 9.69 Å². The number of hydrogen-bond acceptors (Lipinski definition) is 2. The lowest BCUT2D eigenvalue weighted by Gasteiger charge is -2.40. The van der Waals surface area contributed by atoms with Crippen LogP contribution in [0.25, 0.3) is 16.5 Å². The standard InChI is InChI=1S/C17H19N3O/c1-2-20-9-11(17(18)21)6-13-12-4-3-5-14-16(12)10(8-19-14)7-15(13)20/h3-6,8,11,15,19H,2,7,9H2,1H3,(H2,18,21). The molecule has 3 N–H and O–H groups in total. The van der Waals surface area contributed by atoms with Crippen molar-refractivity contribution in [1.29, 1.82) is 0 Å². The molecular formula is C17H19N3O. The number of nitrogens with two attached hydrogens (primary N) is 1. The Morgan fingerprint density at radius 1 is 1.48 bits per heavy atom. The number of aromatic amines is 1. The maximum absolute atomic E-state index is 11.7. The molecule has 2 heterocycles. The van der Waals surface area contributed by atoms with Crippen LogP contribution >= 0.6 is 0 Å². The summed E-state index contributed by atoms with van der Waals surface area (Å²) in [7, 11) is 0. The van der Waals surface area contributed by atoms with Crippen molar-refractivity contribution >= 4 is 22.4 Å². The molecule has 4 rings (SSSR count). The quantitative estimate of drug-likeness (QED) is 0.883. The van der Waals surface area contributed by atoms with Gasteiger partial charge in [0.05, 0.1) is 5.92 Å². The molecule has 1 amide bonds. The lowest BCUT2D eigenvalue weighted by molar-refractivity contribution is -0.121. The van der Waals surface area contributed by atoms with Gasteiger partial charge >= 0.3 is 0 Å². The Labute approximate surface area is 123 Å². The molecule has 1 aromatic carbocycles. The van der Waals surface area contributed by atoms with Gasteiger partial charge in [-0.2, -0.15) is 0 Å². The molecule has 0 bridgehead atoms. The van der Waals surface area contributed by atoms with E-state index < -0.39 is 0 Å². The smallest absolute Gasteiger partial charge is 0.225 e. The van der Waals surface area contributed by atoms with Gasteiger partial charge < -0.3 is 10.7 Å². The molecule has 0 saturated heterocycles. The fraction of sp³-hybridized carbons (Fsp3) is 0.353. The fourth-order valence-electron chi connectivity index (χ4n) is 3.85. The molecule has 0 fully saturated rings. The van der Waals surface area contributed by atoms with E-state index in [-0.39, 0.29) is 11.8 Å². The maximum atomic E-state index is 11.7. The third-order valence-corrected chi connectivity index (χ3v) is 4.90. The third kappa shape index (κ3) is 1.75. The highest BCUT2D eigenvalue weighted by molar-refractivity contribution is 5.99. The molecule has 0 spiro atoms. The zero-order valence-electron chi connectivity index (χ0n) is 12.1. The number of rotatable bonds is 2. The highest BCUT2D eigenvalue weighted by Gasteiger charge is 2.35. The Balaban J connectivity index is 1.94. The van der Waals surface area contributed by atoms with Crippen LogP contribution in [0.2, 0.25) is 0 Å². The van der Waals surface area contributed by atoms with Gasteiger partial charge in [0, 0.05) is 29.7 Å². The number of fused-ring (bicyclic) bond motifs is 2. The van der Waals surface area contributed by atoms with Crippen molar-refractivity contribution < 1.29 is 4.79 Å². The first-order valence-corrected chi connectivity index (χ1v) is 7.53. The van der Waals surface area contributed by atoms with Crippen LogP contribution in [-0.4, -0.2) is 34.9 Å². The molecular weight excluding hydrogens is 262 g/mol. The minimum atomic E-state index is -0.230. The molecule has 4 nitrogen and oxygen atoms in total. The van der Waals surface area contributed by atoms with Crippen LogP contribution in [0.3, 0.4) is 0 Å². The van der Waals surface area contributed by atoms with Gasteiger partial charge in [-0.25, -0.2) is 0 Å². The fourth-order valence-corrected chi connectivity index (χ4v) is 3.85. The Morgan fingerprint density at radius 3 is 3.10 bits per heavy atom. The van der Waals surface area contributed by atoms with Gasteiger partial charge in [-0.1, -0.05) is 25.1 Å². The first-order chi connectivity index (χ1) is 10.2. The number of carbonyl (C=O) groups is 1. The van der Waals surface area contributed by atoms with E-state index in [2.05, 4.69) is 47.3 Å². The molecule has 0 radical (unpaired) electrons. The van der Waals surface area contributed by atoms with Gasteiger partial charge in [-0.15, -0.1) is 0 Å². The number of H-pyrrole nitrogens is 1. The van der Waals surface area contributed by atoms with Crippen molar-refractivity contribution in [1.82, 2.24) is 9.88 Å². The summed E-state index contributed by atoms with van der Waals surface area (Å²) in [4.78, 5) is 17.4. The van der Waals surface area contributed by atoms with E-state index in [4.69, 9.17) is 5.73 Å². The maximum Gasteiger partial charge on any atom is 0.225 e. The Morgan fingerprint density at radius 2 is 2.33 bits per heavy atom. The number of likely N-dealkylation sites (N-methyl/N-ethyl adjacent to an activating group) is 1. The van der Waals surface area contributed by atoms with Crippen LogP contribution in [0.4, 0.5) is 0 Å². The molecule has 0 saturated carbocycles. The summed E-state index contributed by atoms with van der Waals surface area (Å²) < 4.78 is 0. The average Bonchev–Trinajstić information content (AvgIpc) is 2.91. The van der Waals surface area contributed by atoms with Crippen molar-refractivity contribution in [3.8, 4) is 0 Å². The van der Waals surface area contributed by atoms with Crippen molar-refractivity contribution in [3.05, 3.63) is 41.6 Å². The first-order valence-electron chi connectivity index (χ1n) is 7.53. The number of nitrogens with zero attached hydrogens (tertiary/aromatic N) is 1. The first kappa shape index (κ1) is 12.7. The Bertz CT molecular complexity index is 758. The minimum Gasteiger partial charge on any atom is -0.369 e. The van der Waals surface area contributed by atoms with Crippen molar-refractivity contribution in [2.24, 2.45) is 11.7 Å². The Hall–Kier alpha value is -2.07. The summed E-state index contributed by atoms with van der Waals surface area (Å²) in [6.45, 7) is 3.81. The molecule has 2 aliphatic rings.